The van der Waals surface area contributed by atoms with Crippen LogP contribution in [-0.2, 0) is 18.3 Å². The zero-order valence-corrected chi connectivity index (χ0v) is 16.0. The minimum atomic E-state index is -4.30. The highest BCUT2D eigenvalue weighted by Crippen LogP contribution is 2.47. The molecule has 6 N–H and O–H groups in total. The standard InChI is InChI=1S/C14H22N5O7P/c1-14(2,3)26-27(22,23)24-5-8-7(20)4-9(25-8)19-6-16-10-11(19)17-13(15)18-12(10)21/h6-9,20H,4-5H2,1-3H3,(H4,15,17,18,21,22,23)/p+1. The third kappa shape index (κ3) is 4.54. The van der Waals surface area contributed by atoms with Crippen molar-refractivity contribution in [2.24, 2.45) is 0 Å². The van der Waals surface area contributed by atoms with E-state index in [9.17, 15) is 19.4 Å². The monoisotopic (exact) mass is 404 g/mol. The van der Waals surface area contributed by atoms with Crippen molar-refractivity contribution >= 4 is 24.9 Å². The summed E-state index contributed by atoms with van der Waals surface area (Å²) in [6, 6.07) is 0. The first kappa shape index (κ1) is 19.9. The Morgan fingerprint density at radius 1 is 1.52 bits per heavy atom. The number of aliphatic hydroxyl groups excluding tert-OH is 1. The van der Waals surface area contributed by atoms with Gasteiger partial charge in [0.15, 0.2) is 12.6 Å². The van der Waals surface area contributed by atoms with Gasteiger partial charge in [-0.05, 0) is 20.8 Å². The Morgan fingerprint density at radius 3 is 2.89 bits per heavy atom. The molecule has 12 nitrogen and oxygen atoms in total. The second kappa shape index (κ2) is 6.97. The van der Waals surface area contributed by atoms with Crippen LogP contribution in [0, 0.1) is 0 Å². The molecule has 1 aliphatic rings. The van der Waals surface area contributed by atoms with E-state index in [2.05, 4.69) is 15.0 Å². The third-order valence-corrected chi connectivity index (χ3v) is 5.07. The molecule has 1 aliphatic heterocycles. The number of aromatic amines is 2. The Bertz CT molecular complexity index is 936. The van der Waals surface area contributed by atoms with E-state index in [4.69, 9.17) is 19.5 Å². The average molecular weight is 404 g/mol. The van der Waals surface area contributed by atoms with Crippen molar-refractivity contribution in [2.45, 2.75) is 51.2 Å². The van der Waals surface area contributed by atoms with Gasteiger partial charge in [0.1, 0.15) is 6.10 Å². The number of rotatable bonds is 5. The molecule has 0 aliphatic carbocycles. The summed E-state index contributed by atoms with van der Waals surface area (Å²) in [5.41, 5.74) is 4.74. The Labute approximate surface area is 153 Å². The first-order chi connectivity index (χ1) is 12.5. The molecule has 4 unspecified atom stereocenters. The maximum atomic E-state index is 12.0. The summed E-state index contributed by atoms with van der Waals surface area (Å²) in [7, 11) is -4.30. The van der Waals surface area contributed by atoms with Gasteiger partial charge < -0.3 is 20.5 Å². The van der Waals surface area contributed by atoms with Crippen LogP contribution in [0.5, 0.6) is 0 Å². The van der Waals surface area contributed by atoms with Gasteiger partial charge in [0.2, 0.25) is 5.52 Å². The Hall–Kier alpha value is -1.82. The molecule has 2 aromatic heterocycles. The summed E-state index contributed by atoms with van der Waals surface area (Å²) in [5, 5.41) is 10.2. The number of aliphatic hydroxyl groups is 1. The Morgan fingerprint density at radius 2 is 2.22 bits per heavy atom. The minimum Gasteiger partial charge on any atom is -0.390 e. The topological polar surface area (TPSA) is 177 Å². The second-order valence-electron chi connectivity index (χ2n) is 7.23. The number of phosphoric ester groups is 1. The number of ether oxygens (including phenoxy) is 1. The van der Waals surface area contributed by atoms with Gasteiger partial charge in [-0.15, -0.1) is 0 Å². The summed E-state index contributed by atoms with van der Waals surface area (Å²) in [5.74, 6) is -0.0557. The molecule has 0 amide bonds. The molecule has 0 radical (unpaired) electrons. The van der Waals surface area contributed by atoms with E-state index < -0.39 is 37.4 Å². The van der Waals surface area contributed by atoms with E-state index in [0.29, 0.717) is 0 Å². The first-order valence-corrected chi connectivity index (χ1v) is 9.74. The molecule has 27 heavy (non-hydrogen) atoms. The largest absolute Gasteiger partial charge is 0.472 e. The van der Waals surface area contributed by atoms with Gasteiger partial charge in [-0.25, -0.2) is 9.13 Å². The Kier molecular flexibility index (Phi) is 5.14. The predicted molar refractivity (Wildman–Crippen MR) is 92.5 cm³/mol. The lowest BCUT2D eigenvalue weighted by molar-refractivity contribution is -0.738. The lowest BCUT2D eigenvalue weighted by Crippen LogP contribution is -2.39. The fraction of sp³-hybridized carbons (Fsp3) is 0.643. The van der Waals surface area contributed by atoms with Gasteiger partial charge in [0.25, 0.3) is 11.5 Å². The quantitative estimate of drug-likeness (QED) is 0.331. The fourth-order valence-electron chi connectivity index (χ4n) is 2.79. The summed E-state index contributed by atoms with van der Waals surface area (Å²) < 4.78 is 29.1. The molecule has 1 fully saturated rings. The van der Waals surface area contributed by atoms with Crippen molar-refractivity contribution in [3.05, 3.63) is 16.7 Å². The van der Waals surface area contributed by atoms with Crippen LogP contribution in [-0.4, -0.2) is 49.4 Å². The number of fused-ring (bicyclic) bond motifs is 1. The van der Waals surface area contributed by atoms with E-state index in [0.717, 1.165) is 0 Å². The SMILES string of the molecule is CC(C)(C)OP(=O)(O)OCC1OC([n+]2c[nH]c3c(=O)[nH]c(N)nc32)CC1O. The molecule has 150 valence electrons. The summed E-state index contributed by atoms with van der Waals surface area (Å²) in [6.07, 6.45) is -0.849. The highest BCUT2D eigenvalue weighted by molar-refractivity contribution is 7.47. The van der Waals surface area contributed by atoms with Gasteiger partial charge >= 0.3 is 13.5 Å². The van der Waals surface area contributed by atoms with Crippen LogP contribution in [0.25, 0.3) is 11.2 Å². The van der Waals surface area contributed by atoms with E-state index in [1.165, 1.54) is 10.9 Å². The minimum absolute atomic E-state index is 0.0557. The molecule has 0 bridgehead atoms. The molecule has 13 heteroatoms. The number of anilines is 1. The van der Waals surface area contributed by atoms with Gasteiger partial charge in [0, 0.05) is 6.42 Å². The molecular formula is C14H23N5O7P+. The van der Waals surface area contributed by atoms with Crippen molar-refractivity contribution in [1.82, 2.24) is 15.0 Å². The zero-order chi connectivity index (χ0) is 20.0. The number of imidazole rings is 1. The number of nitrogen functional groups attached to an aromatic ring is 1. The molecular weight excluding hydrogens is 381 g/mol. The van der Waals surface area contributed by atoms with Crippen LogP contribution in [0.4, 0.5) is 5.95 Å². The molecule has 0 aromatic carbocycles. The van der Waals surface area contributed by atoms with E-state index >= 15 is 0 Å². The van der Waals surface area contributed by atoms with Crippen LogP contribution in [0.15, 0.2) is 11.1 Å². The van der Waals surface area contributed by atoms with Gasteiger partial charge in [-0.3, -0.25) is 23.8 Å². The molecule has 4 atom stereocenters. The zero-order valence-electron chi connectivity index (χ0n) is 15.1. The normalized spacial score (nSPS) is 25.7. The average Bonchev–Trinajstić information content (AvgIpc) is 3.06. The molecule has 0 spiro atoms. The van der Waals surface area contributed by atoms with E-state index in [1.807, 2.05) is 0 Å². The lowest BCUT2D eigenvalue weighted by Gasteiger charge is -2.24. The predicted octanol–water partition coefficient (Wildman–Crippen LogP) is -0.299. The third-order valence-electron chi connectivity index (χ3n) is 3.82. The van der Waals surface area contributed by atoms with E-state index in [-0.39, 0.29) is 30.1 Å². The van der Waals surface area contributed by atoms with E-state index in [1.54, 1.807) is 20.8 Å². The molecule has 2 aromatic rings. The van der Waals surface area contributed by atoms with Gasteiger partial charge in [-0.2, -0.15) is 0 Å². The second-order valence-corrected chi connectivity index (χ2v) is 8.61. The Balaban J connectivity index is 1.72. The number of hydrogen-bond acceptors (Lipinski definition) is 8. The van der Waals surface area contributed by atoms with Crippen molar-refractivity contribution < 1.29 is 32.9 Å². The van der Waals surface area contributed by atoms with Crippen molar-refractivity contribution in [2.75, 3.05) is 12.3 Å². The molecule has 0 saturated carbocycles. The smallest absolute Gasteiger partial charge is 0.390 e. The highest BCUT2D eigenvalue weighted by Gasteiger charge is 2.40. The highest BCUT2D eigenvalue weighted by atomic mass is 31.2. The van der Waals surface area contributed by atoms with Crippen LogP contribution < -0.4 is 15.9 Å². The maximum Gasteiger partial charge on any atom is 0.472 e. The summed E-state index contributed by atoms with van der Waals surface area (Å²) in [4.78, 5) is 30.9. The molecule has 1 saturated heterocycles. The molecule has 3 rings (SSSR count). The van der Waals surface area contributed by atoms with Crippen molar-refractivity contribution in [3.8, 4) is 0 Å². The number of H-pyrrole nitrogens is 2. The van der Waals surface area contributed by atoms with Gasteiger partial charge in [-0.1, -0.05) is 4.98 Å². The number of aromatic nitrogens is 4. The van der Waals surface area contributed by atoms with Crippen molar-refractivity contribution in [3.63, 3.8) is 0 Å². The summed E-state index contributed by atoms with van der Waals surface area (Å²) in [6.45, 7) is 4.50. The lowest BCUT2D eigenvalue weighted by atomic mass is 10.2. The number of nitrogens with two attached hydrogens (primary N) is 1. The fourth-order valence-corrected chi connectivity index (χ4v) is 3.87. The molecule has 3 heterocycles. The number of nitrogens with one attached hydrogen (secondary N) is 2. The van der Waals surface area contributed by atoms with Crippen LogP contribution in [0.1, 0.15) is 33.4 Å². The number of phosphoric acid groups is 1. The number of nitrogens with zero attached hydrogens (tertiary/aromatic N) is 2. The maximum absolute atomic E-state index is 12.0. The van der Waals surface area contributed by atoms with Crippen molar-refractivity contribution in [1.29, 1.82) is 0 Å². The van der Waals surface area contributed by atoms with Crippen LogP contribution >= 0.6 is 7.82 Å². The number of hydrogen-bond donors (Lipinski definition) is 5. The van der Waals surface area contributed by atoms with Gasteiger partial charge in [0.05, 0.1) is 18.3 Å². The first-order valence-electron chi connectivity index (χ1n) is 8.25. The van der Waals surface area contributed by atoms with Crippen LogP contribution in [0.3, 0.4) is 0 Å². The van der Waals surface area contributed by atoms with Crippen LogP contribution in [0.2, 0.25) is 0 Å². The summed E-state index contributed by atoms with van der Waals surface area (Å²) >= 11 is 0.